The first kappa shape index (κ1) is 75.5. The lowest BCUT2D eigenvalue weighted by Gasteiger charge is -2.24. The minimum atomic E-state index is -4.39. The van der Waals surface area contributed by atoms with Gasteiger partial charge in [-0.25, -0.2) is 4.57 Å². The zero-order valence-electron chi connectivity index (χ0n) is 51.6. The highest BCUT2D eigenvalue weighted by Crippen LogP contribution is 2.43. The van der Waals surface area contributed by atoms with Crippen LogP contribution < -0.4 is 0 Å². The fourth-order valence-corrected chi connectivity index (χ4v) is 9.96. The lowest BCUT2D eigenvalue weighted by molar-refractivity contribution is -0.870. The molecule has 10 heteroatoms. The van der Waals surface area contributed by atoms with Gasteiger partial charge in [-0.2, -0.15) is 0 Å². The Kier molecular flexibility index (Phi) is 57.2. The lowest BCUT2D eigenvalue weighted by Crippen LogP contribution is -2.37. The first-order chi connectivity index (χ1) is 38.0. The van der Waals surface area contributed by atoms with Crippen LogP contribution in [-0.4, -0.2) is 74.9 Å². The molecule has 0 saturated carbocycles. The fraction of sp³-hybridized carbons (Fsp3) is 0.794. The number of phosphoric ester groups is 1. The van der Waals surface area contributed by atoms with Crippen molar-refractivity contribution in [2.45, 2.75) is 302 Å². The van der Waals surface area contributed by atoms with Gasteiger partial charge in [-0.3, -0.25) is 18.6 Å². The molecule has 0 aliphatic heterocycles. The summed E-state index contributed by atoms with van der Waals surface area (Å²) in [6.07, 6.45) is 78.4. The number of rotatable bonds is 60. The summed E-state index contributed by atoms with van der Waals surface area (Å²) in [4.78, 5) is 35.8. The fourth-order valence-electron chi connectivity index (χ4n) is 9.22. The van der Waals surface area contributed by atoms with Gasteiger partial charge in [0.25, 0.3) is 0 Å². The number of phosphoric acid groups is 1. The average Bonchev–Trinajstić information content (AvgIpc) is 3.41. The molecular formula is C68H125NO8P+. The minimum Gasteiger partial charge on any atom is -0.462 e. The number of carbonyl (C=O) groups is 2. The van der Waals surface area contributed by atoms with Crippen LogP contribution in [0.3, 0.4) is 0 Å². The van der Waals surface area contributed by atoms with Crippen molar-refractivity contribution >= 4 is 19.8 Å². The number of likely N-dealkylation sites (N-methyl/N-ethyl adjacent to an activating group) is 1. The second-order valence-corrected chi connectivity index (χ2v) is 24.6. The smallest absolute Gasteiger partial charge is 0.462 e. The molecule has 0 saturated heterocycles. The van der Waals surface area contributed by atoms with Gasteiger partial charge in [-0.05, 0) is 83.5 Å². The highest BCUT2D eigenvalue weighted by molar-refractivity contribution is 7.47. The van der Waals surface area contributed by atoms with Crippen LogP contribution in [0.15, 0.2) is 72.9 Å². The number of quaternary nitrogens is 1. The van der Waals surface area contributed by atoms with Crippen molar-refractivity contribution in [3.63, 3.8) is 0 Å². The van der Waals surface area contributed by atoms with E-state index in [4.69, 9.17) is 18.5 Å². The van der Waals surface area contributed by atoms with Crippen molar-refractivity contribution in [3.8, 4) is 0 Å². The second-order valence-electron chi connectivity index (χ2n) is 23.1. The maximum atomic E-state index is 12.9. The molecular weight excluding hydrogens is 990 g/mol. The van der Waals surface area contributed by atoms with Crippen LogP contribution in [-0.2, 0) is 32.7 Å². The summed E-state index contributed by atoms with van der Waals surface area (Å²) in [5.41, 5.74) is 0. The summed E-state index contributed by atoms with van der Waals surface area (Å²) >= 11 is 0. The van der Waals surface area contributed by atoms with Crippen LogP contribution in [0, 0.1) is 0 Å². The predicted octanol–water partition coefficient (Wildman–Crippen LogP) is 20.8. The van der Waals surface area contributed by atoms with E-state index in [1.165, 1.54) is 199 Å². The van der Waals surface area contributed by atoms with Gasteiger partial charge in [0.1, 0.15) is 19.8 Å². The maximum absolute atomic E-state index is 12.9. The van der Waals surface area contributed by atoms with Gasteiger partial charge in [-0.1, -0.05) is 273 Å². The highest BCUT2D eigenvalue weighted by Gasteiger charge is 2.27. The maximum Gasteiger partial charge on any atom is 0.472 e. The van der Waals surface area contributed by atoms with Crippen molar-refractivity contribution in [2.75, 3.05) is 47.5 Å². The van der Waals surface area contributed by atoms with E-state index in [1.54, 1.807) is 0 Å². The molecule has 454 valence electrons. The summed E-state index contributed by atoms with van der Waals surface area (Å²) in [5, 5.41) is 0. The van der Waals surface area contributed by atoms with Gasteiger partial charge in [-0.15, -0.1) is 0 Å². The molecule has 0 fully saturated rings. The summed E-state index contributed by atoms with van der Waals surface area (Å²) in [7, 11) is 1.48. The molecule has 0 heterocycles. The van der Waals surface area contributed by atoms with Crippen molar-refractivity contribution in [2.24, 2.45) is 0 Å². The Bertz CT molecular complexity index is 1550. The number of esters is 2. The van der Waals surface area contributed by atoms with Crippen LogP contribution in [0.25, 0.3) is 0 Å². The van der Waals surface area contributed by atoms with E-state index in [2.05, 4.69) is 86.8 Å². The van der Waals surface area contributed by atoms with E-state index >= 15 is 0 Å². The molecule has 0 aromatic heterocycles. The molecule has 0 aliphatic carbocycles. The Labute approximate surface area is 482 Å². The molecule has 1 N–H and O–H groups in total. The number of unbranched alkanes of at least 4 members (excludes halogenated alkanes) is 34. The zero-order valence-corrected chi connectivity index (χ0v) is 52.5. The van der Waals surface area contributed by atoms with Gasteiger partial charge in [0, 0.05) is 12.8 Å². The quantitative estimate of drug-likeness (QED) is 0.0211. The van der Waals surface area contributed by atoms with Crippen LogP contribution >= 0.6 is 7.82 Å². The topological polar surface area (TPSA) is 108 Å². The van der Waals surface area contributed by atoms with Crippen LogP contribution in [0.2, 0.25) is 0 Å². The Balaban J connectivity index is 4.07. The molecule has 0 radical (unpaired) electrons. The number of carbonyl (C=O) groups excluding carboxylic acids is 2. The Morgan fingerprint density at radius 2 is 0.731 bits per heavy atom. The summed E-state index contributed by atoms with van der Waals surface area (Å²) < 4.78 is 34.7. The monoisotopic (exact) mass is 1110 g/mol. The minimum absolute atomic E-state index is 0.0309. The Hall–Kier alpha value is -2.55. The second kappa shape index (κ2) is 59.1. The van der Waals surface area contributed by atoms with E-state index in [9.17, 15) is 19.0 Å². The van der Waals surface area contributed by atoms with Gasteiger partial charge >= 0.3 is 19.8 Å². The van der Waals surface area contributed by atoms with E-state index in [-0.39, 0.29) is 32.0 Å². The molecule has 0 aliphatic rings. The molecule has 78 heavy (non-hydrogen) atoms. The number of hydrogen-bond acceptors (Lipinski definition) is 7. The zero-order chi connectivity index (χ0) is 57.0. The summed E-state index contributed by atoms with van der Waals surface area (Å²) in [5.74, 6) is -0.788. The SMILES string of the molecule is CC/C=C\C/C=C\C/C=C\C/C=C\CCCCCCCCCCCCCCCCCCC(=O)OC(COC(=O)CCCCCCCCCCCCCCC/C=C\C/C=C\CCCCCCC)COP(=O)(O)OCC[N+](C)(C)C. The molecule has 0 aromatic rings. The first-order valence-electron chi connectivity index (χ1n) is 32.7. The van der Waals surface area contributed by atoms with Gasteiger partial charge in [0.05, 0.1) is 27.7 Å². The van der Waals surface area contributed by atoms with Crippen molar-refractivity contribution < 1.29 is 42.1 Å². The third-order valence-corrected chi connectivity index (χ3v) is 15.2. The summed E-state index contributed by atoms with van der Waals surface area (Å²) in [6, 6.07) is 0. The van der Waals surface area contributed by atoms with Gasteiger partial charge in [0.15, 0.2) is 6.10 Å². The molecule has 0 rings (SSSR count). The third kappa shape index (κ3) is 62.6. The largest absolute Gasteiger partial charge is 0.472 e. The van der Waals surface area contributed by atoms with E-state index < -0.39 is 26.5 Å². The third-order valence-electron chi connectivity index (χ3n) is 14.2. The predicted molar refractivity (Wildman–Crippen MR) is 335 cm³/mol. The average molecular weight is 1120 g/mol. The molecule has 2 atom stereocenters. The van der Waals surface area contributed by atoms with E-state index in [0.717, 1.165) is 64.2 Å². The number of hydrogen-bond donors (Lipinski definition) is 1. The normalized spacial score (nSPS) is 13.7. The first-order valence-corrected chi connectivity index (χ1v) is 34.2. The van der Waals surface area contributed by atoms with Crippen molar-refractivity contribution in [3.05, 3.63) is 72.9 Å². The van der Waals surface area contributed by atoms with Crippen molar-refractivity contribution in [1.29, 1.82) is 0 Å². The lowest BCUT2D eigenvalue weighted by atomic mass is 10.0. The number of nitrogens with zero attached hydrogens (tertiary/aromatic N) is 1. The molecule has 0 bridgehead atoms. The Morgan fingerprint density at radius 3 is 1.09 bits per heavy atom. The molecule has 0 spiro atoms. The molecule has 2 unspecified atom stereocenters. The molecule has 9 nitrogen and oxygen atoms in total. The standard InChI is InChI=1S/C68H124NO8P/c1-6-8-10-12-14-16-18-20-22-24-26-28-30-32-33-34-35-37-39-41-43-45-47-49-51-53-55-57-59-61-68(71)77-66(65-76-78(72,73)75-63-62-69(3,4)5)64-74-67(70)60-58-56-54-52-50-48-46-44-42-40-38-36-31-29-27-25-23-21-19-17-15-13-11-9-7-2/h8,10,14,16,19-22,25-28,66H,6-7,9,11-13,15,17-18,23-24,29-65H2,1-5H3/p+1/b10-8-,16-14-,21-19-,22-20-,27-25-,28-26-. The van der Waals surface area contributed by atoms with E-state index in [0.29, 0.717) is 17.4 Å². The van der Waals surface area contributed by atoms with E-state index in [1.807, 2.05) is 21.1 Å². The van der Waals surface area contributed by atoms with Crippen LogP contribution in [0.5, 0.6) is 0 Å². The highest BCUT2D eigenvalue weighted by atomic mass is 31.2. The molecule has 0 amide bonds. The van der Waals surface area contributed by atoms with Gasteiger partial charge in [0.2, 0.25) is 0 Å². The van der Waals surface area contributed by atoms with Crippen LogP contribution in [0.4, 0.5) is 0 Å². The van der Waals surface area contributed by atoms with Gasteiger partial charge < -0.3 is 18.9 Å². The van der Waals surface area contributed by atoms with Crippen molar-refractivity contribution in [1.82, 2.24) is 0 Å². The number of allylic oxidation sites excluding steroid dienone is 12. The molecule has 0 aromatic carbocycles. The Morgan fingerprint density at radius 1 is 0.410 bits per heavy atom. The number of ether oxygens (including phenoxy) is 2. The van der Waals surface area contributed by atoms with Crippen LogP contribution in [0.1, 0.15) is 296 Å². The summed E-state index contributed by atoms with van der Waals surface area (Å²) in [6.45, 7) is 4.35.